The van der Waals surface area contributed by atoms with Crippen molar-refractivity contribution < 1.29 is 4.74 Å². The normalized spacial score (nSPS) is 13.5. The smallest absolute Gasteiger partial charge is 0.160 e. The molecule has 2 aliphatic rings. The quantitative estimate of drug-likeness (QED) is 0.199. The zero-order valence-corrected chi connectivity index (χ0v) is 26.7. The molecule has 0 saturated heterocycles. The minimum absolute atomic E-state index is 0.166. The van der Waals surface area contributed by atoms with Gasteiger partial charge in [-0.3, -0.25) is 0 Å². The van der Waals surface area contributed by atoms with Crippen molar-refractivity contribution in [3.63, 3.8) is 0 Å². The summed E-state index contributed by atoms with van der Waals surface area (Å²) in [7, 11) is 0. The molecule has 0 spiro atoms. The van der Waals surface area contributed by atoms with Gasteiger partial charge in [-0.25, -0.2) is 9.97 Å². The van der Waals surface area contributed by atoms with E-state index in [1.54, 1.807) is 0 Å². The van der Waals surface area contributed by atoms with E-state index in [1.165, 1.54) is 44.2 Å². The van der Waals surface area contributed by atoms with E-state index in [9.17, 15) is 0 Å². The fourth-order valence-corrected chi connectivity index (χ4v) is 7.86. The molecule has 7 aromatic carbocycles. The largest absolute Gasteiger partial charge is 0.457 e. The molecule has 3 nitrogen and oxygen atoms in total. The summed E-state index contributed by atoms with van der Waals surface area (Å²) in [5.41, 5.74) is 13.7. The Morgan fingerprint density at radius 3 is 1.94 bits per heavy atom. The lowest BCUT2D eigenvalue weighted by Crippen LogP contribution is -2.24. The number of hydrogen-bond donors (Lipinski definition) is 0. The predicted octanol–water partition coefficient (Wildman–Crippen LogP) is 11.9. The minimum atomic E-state index is -0.166. The summed E-state index contributed by atoms with van der Waals surface area (Å²) in [5, 5.41) is 3.56. The summed E-state index contributed by atoms with van der Waals surface area (Å²) in [6.07, 6.45) is 0. The Bertz CT molecular complexity index is 2590. The maximum absolute atomic E-state index is 6.31. The molecule has 0 saturated carbocycles. The SMILES string of the molecule is CC1(C)c2ccccc2Oc2ccc(-c3ccc(-c4nc(-c5ccc6c7c(cccc57)-c5ccccc5-6)c5ccccc5n4)cc3)cc21. The molecule has 0 amide bonds. The summed E-state index contributed by atoms with van der Waals surface area (Å²) in [4.78, 5) is 10.4. The fourth-order valence-electron chi connectivity index (χ4n) is 7.86. The Morgan fingerprint density at radius 2 is 1.08 bits per heavy atom. The molecular formula is C45H30N2O. The lowest BCUT2D eigenvalue weighted by Gasteiger charge is -2.34. The molecule has 226 valence electrons. The van der Waals surface area contributed by atoms with Crippen LogP contribution in [0.25, 0.3) is 77.7 Å². The zero-order valence-electron chi connectivity index (χ0n) is 26.7. The molecule has 0 bridgehead atoms. The van der Waals surface area contributed by atoms with Crippen LogP contribution in [0.5, 0.6) is 11.5 Å². The molecule has 1 aliphatic carbocycles. The van der Waals surface area contributed by atoms with Gasteiger partial charge in [0, 0.05) is 33.1 Å². The molecule has 0 atom stereocenters. The number of hydrogen-bond acceptors (Lipinski definition) is 3. The lowest BCUT2D eigenvalue weighted by atomic mass is 9.75. The Balaban J connectivity index is 1.07. The first kappa shape index (κ1) is 27.1. The summed E-state index contributed by atoms with van der Waals surface area (Å²) in [5.74, 6) is 2.57. The third-order valence-electron chi connectivity index (χ3n) is 10.3. The number of rotatable bonds is 3. The van der Waals surface area contributed by atoms with Gasteiger partial charge in [0.1, 0.15) is 11.5 Å². The van der Waals surface area contributed by atoms with Gasteiger partial charge >= 0.3 is 0 Å². The Morgan fingerprint density at radius 1 is 0.458 bits per heavy atom. The maximum atomic E-state index is 6.31. The first-order chi connectivity index (χ1) is 23.5. The average Bonchev–Trinajstić information content (AvgIpc) is 3.46. The van der Waals surface area contributed by atoms with E-state index in [4.69, 9.17) is 14.7 Å². The molecule has 48 heavy (non-hydrogen) atoms. The van der Waals surface area contributed by atoms with Gasteiger partial charge in [-0.1, -0.05) is 135 Å². The highest BCUT2D eigenvalue weighted by Gasteiger charge is 2.34. The lowest BCUT2D eigenvalue weighted by molar-refractivity contribution is 0.418. The van der Waals surface area contributed by atoms with E-state index in [0.29, 0.717) is 0 Å². The van der Waals surface area contributed by atoms with Crippen molar-refractivity contribution in [3.8, 4) is 67.5 Å². The monoisotopic (exact) mass is 614 g/mol. The zero-order chi connectivity index (χ0) is 32.0. The Hall–Kier alpha value is -6.06. The van der Waals surface area contributed by atoms with Crippen molar-refractivity contribution in [2.45, 2.75) is 19.3 Å². The topological polar surface area (TPSA) is 35.0 Å². The third-order valence-corrected chi connectivity index (χ3v) is 10.3. The van der Waals surface area contributed by atoms with Crippen molar-refractivity contribution in [2.75, 3.05) is 0 Å². The van der Waals surface area contributed by atoms with Crippen molar-refractivity contribution in [3.05, 3.63) is 157 Å². The second-order valence-corrected chi connectivity index (χ2v) is 13.4. The van der Waals surface area contributed by atoms with Gasteiger partial charge in [0.05, 0.1) is 11.2 Å². The number of nitrogens with zero attached hydrogens (tertiary/aromatic N) is 2. The van der Waals surface area contributed by atoms with Crippen molar-refractivity contribution in [1.29, 1.82) is 0 Å². The molecule has 1 aliphatic heterocycles. The summed E-state index contributed by atoms with van der Waals surface area (Å²) < 4.78 is 6.31. The summed E-state index contributed by atoms with van der Waals surface area (Å²) in [6, 6.07) is 51.7. The van der Waals surface area contributed by atoms with Crippen LogP contribution in [0.4, 0.5) is 0 Å². The van der Waals surface area contributed by atoms with E-state index in [1.807, 2.05) is 6.07 Å². The molecule has 1 aromatic heterocycles. The predicted molar refractivity (Wildman–Crippen MR) is 196 cm³/mol. The van der Waals surface area contributed by atoms with Crippen LogP contribution in [-0.2, 0) is 5.41 Å². The van der Waals surface area contributed by atoms with Gasteiger partial charge in [0.25, 0.3) is 0 Å². The number of ether oxygens (including phenoxy) is 1. The molecule has 0 N–H and O–H groups in total. The minimum Gasteiger partial charge on any atom is -0.457 e. The molecule has 0 fully saturated rings. The van der Waals surface area contributed by atoms with E-state index in [0.717, 1.165) is 56.2 Å². The fraction of sp³-hybridized carbons (Fsp3) is 0.0667. The van der Waals surface area contributed by atoms with Gasteiger partial charge < -0.3 is 4.74 Å². The average molecular weight is 615 g/mol. The molecule has 0 radical (unpaired) electrons. The first-order valence-corrected chi connectivity index (χ1v) is 16.5. The van der Waals surface area contributed by atoms with Crippen LogP contribution in [0, 0.1) is 0 Å². The molecule has 0 unspecified atom stereocenters. The van der Waals surface area contributed by atoms with Crippen molar-refractivity contribution in [1.82, 2.24) is 9.97 Å². The Kier molecular flexibility index (Phi) is 5.63. The molecule has 8 aromatic rings. The highest BCUT2D eigenvalue weighted by atomic mass is 16.5. The number of fused-ring (bicyclic) bond motifs is 6. The standard InChI is InChI=1S/C45H30N2O/c1-45(2)37-15-6-8-17-40(37)48-41-25-22-29(26-38(41)45)27-18-20-28(21-19-27)44-46-39-16-7-5-12-36(39)43(47-44)35-24-23-34-31-11-4-3-10-30(31)32-13-9-14-33(35)42(32)34/h3-26H,1-2H3. The van der Waals surface area contributed by atoms with Crippen molar-refractivity contribution >= 4 is 21.7 Å². The van der Waals surface area contributed by atoms with Crippen LogP contribution < -0.4 is 4.74 Å². The number of benzene rings is 7. The van der Waals surface area contributed by atoms with E-state index in [-0.39, 0.29) is 5.41 Å². The molecule has 3 heteroatoms. The molecule has 10 rings (SSSR count). The van der Waals surface area contributed by atoms with Gasteiger partial charge in [0.15, 0.2) is 5.82 Å². The molecular weight excluding hydrogens is 585 g/mol. The van der Waals surface area contributed by atoms with Gasteiger partial charge in [0.2, 0.25) is 0 Å². The highest BCUT2D eigenvalue weighted by molar-refractivity contribution is 6.19. The van der Waals surface area contributed by atoms with Gasteiger partial charge in [-0.05, 0) is 68.4 Å². The van der Waals surface area contributed by atoms with Crippen LogP contribution in [0.15, 0.2) is 146 Å². The first-order valence-electron chi connectivity index (χ1n) is 16.5. The second kappa shape index (κ2) is 9.97. The Labute approximate surface area is 279 Å². The van der Waals surface area contributed by atoms with E-state index >= 15 is 0 Å². The van der Waals surface area contributed by atoms with Crippen LogP contribution >= 0.6 is 0 Å². The highest BCUT2D eigenvalue weighted by Crippen LogP contribution is 2.50. The summed E-state index contributed by atoms with van der Waals surface area (Å²) in [6.45, 7) is 4.55. The van der Waals surface area contributed by atoms with Crippen LogP contribution in [0.3, 0.4) is 0 Å². The van der Waals surface area contributed by atoms with Gasteiger partial charge in [-0.2, -0.15) is 0 Å². The van der Waals surface area contributed by atoms with E-state index < -0.39 is 0 Å². The van der Waals surface area contributed by atoms with Crippen LogP contribution in [-0.4, -0.2) is 9.97 Å². The van der Waals surface area contributed by atoms with Crippen LogP contribution in [0.1, 0.15) is 25.0 Å². The van der Waals surface area contributed by atoms with Crippen molar-refractivity contribution in [2.24, 2.45) is 0 Å². The molecule has 2 heterocycles. The van der Waals surface area contributed by atoms with E-state index in [2.05, 4.69) is 153 Å². The maximum Gasteiger partial charge on any atom is 0.160 e. The van der Waals surface area contributed by atoms with Gasteiger partial charge in [-0.15, -0.1) is 0 Å². The number of para-hydroxylation sites is 2. The second-order valence-electron chi connectivity index (χ2n) is 13.4. The summed E-state index contributed by atoms with van der Waals surface area (Å²) >= 11 is 0. The third kappa shape index (κ3) is 3.88. The van der Waals surface area contributed by atoms with Crippen LogP contribution in [0.2, 0.25) is 0 Å². The number of aromatic nitrogens is 2.